The fourth-order valence-corrected chi connectivity index (χ4v) is 1.75. The van der Waals surface area contributed by atoms with Gasteiger partial charge >= 0.3 is 6.18 Å². The fourth-order valence-electron chi connectivity index (χ4n) is 1.75. The Labute approximate surface area is 105 Å². The maximum Gasteiger partial charge on any atom is 0.405 e. The molecule has 0 radical (unpaired) electrons. The van der Waals surface area contributed by atoms with Gasteiger partial charge in [-0.25, -0.2) is 0 Å². The van der Waals surface area contributed by atoms with Crippen LogP contribution in [0.2, 0.25) is 0 Å². The van der Waals surface area contributed by atoms with Gasteiger partial charge in [-0.05, 0) is 25.6 Å². The number of nitrogens with one attached hydrogen (secondary N) is 1. The third kappa shape index (κ3) is 4.18. The first-order valence-electron chi connectivity index (χ1n) is 5.78. The van der Waals surface area contributed by atoms with Crippen molar-refractivity contribution in [3.05, 3.63) is 24.0 Å². The minimum atomic E-state index is -4.20. The van der Waals surface area contributed by atoms with Crippen molar-refractivity contribution in [3.8, 4) is 0 Å². The van der Waals surface area contributed by atoms with Crippen molar-refractivity contribution in [2.45, 2.75) is 25.6 Å². The summed E-state index contributed by atoms with van der Waals surface area (Å²) in [6.45, 7) is 1.05. The normalized spacial score (nSPS) is 13.4. The van der Waals surface area contributed by atoms with E-state index in [0.717, 1.165) is 17.0 Å². The highest BCUT2D eigenvalue weighted by Gasteiger charge is 2.29. The Kier molecular flexibility index (Phi) is 4.95. The van der Waals surface area contributed by atoms with Crippen LogP contribution in [0.15, 0.2) is 18.3 Å². The molecule has 18 heavy (non-hydrogen) atoms. The Hall–Kier alpha value is -1.30. The Bertz CT molecular complexity index is 358. The number of pyridine rings is 1. The van der Waals surface area contributed by atoms with E-state index in [0.29, 0.717) is 5.69 Å². The zero-order valence-corrected chi connectivity index (χ0v) is 10.8. The molecule has 0 fully saturated rings. The topological polar surface area (TPSA) is 28.2 Å². The SMILES string of the molecule is CCC(NC)c1ccc(N(C)CC(F)(F)F)cn1. The van der Waals surface area contributed by atoms with E-state index in [1.54, 1.807) is 12.1 Å². The number of anilines is 1. The molecule has 0 aromatic carbocycles. The Balaban J connectivity index is 2.76. The third-order valence-electron chi connectivity index (χ3n) is 2.74. The number of aromatic nitrogens is 1. The first-order chi connectivity index (χ1) is 8.37. The summed E-state index contributed by atoms with van der Waals surface area (Å²) in [7, 11) is 3.24. The molecule has 1 heterocycles. The molecule has 0 amide bonds. The van der Waals surface area contributed by atoms with Gasteiger partial charge < -0.3 is 10.2 Å². The molecule has 1 atom stereocenters. The molecule has 3 nitrogen and oxygen atoms in total. The van der Waals surface area contributed by atoms with Gasteiger partial charge in [0.1, 0.15) is 6.54 Å². The second-order valence-electron chi connectivity index (χ2n) is 4.16. The second kappa shape index (κ2) is 6.04. The van der Waals surface area contributed by atoms with E-state index in [2.05, 4.69) is 10.3 Å². The zero-order chi connectivity index (χ0) is 13.8. The van der Waals surface area contributed by atoms with Crippen molar-refractivity contribution in [2.24, 2.45) is 0 Å². The molecule has 1 aromatic rings. The molecule has 0 aliphatic rings. The Morgan fingerprint density at radius 1 is 1.39 bits per heavy atom. The molecule has 6 heteroatoms. The largest absolute Gasteiger partial charge is 0.405 e. The number of halogens is 3. The van der Waals surface area contributed by atoms with Crippen LogP contribution in [0.3, 0.4) is 0 Å². The first-order valence-corrected chi connectivity index (χ1v) is 5.78. The van der Waals surface area contributed by atoms with E-state index in [9.17, 15) is 13.2 Å². The average molecular weight is 261 g/mol. The van der Waals surface area contributed by atoms with E-state index >= 15 is 0 Å². The lowest BCUT2D eigenvalue weighted by atomic mass is 10.1. The number of nitrogens with zero attached hydrogens (tertiary/aromatic N) is 2. The molecule has 0 spiro atoms. The lowest BCUT2D eigenvalue weighted by Gasteiger charge is -2.21. The molecule has 0 aliphatic carbocycles. The van der Waals surface area contributed by atoms with Gasteiger partial charge in [0.2, 0.25) is 0 Å². The maximum atomic E-state index is 12.2. The Morgan fingerprint density at radius 3 is 2.44 bits per heavy atom. The van der Waals surface area contributed by atoms with Crippen molar-refractivity contribution in [1.82, 2.24) is 10.3 Å². The summed E-state index contributed by atoms with van der Waals surface area (Å²) < 4.78 is 36.7. The summed E-state index contributed by atoms with van der Waals surface area (Å²) in [5.74, 6) is 0. The van der Waals surface area contributed by atoms with E-state index in [1.165, 1.54) is 13.2 Å². The highest BCUT2D eigenvalue weighted by molar-refractivity contribution is 5.44. The van der Waals surface area contributed by atoms with Gasteiger partial charge in [0, 0.05) is 13.1 Å². The smallest absolute Gasteiger partial charge is 0.364 e. The molecule has 0 aliphatic heterocycles. The van der Waals surface area contributed by atoms with Crippen LogP contribution in [0.25, 0.3) is 0 Å². The van der Waals surface area contributed by atoms with Crippen molar-refractivity contribution < 1.29 is 13.2 Å². The molecule has 1 N–H and O–H groups in total. The quantitative estimate of drug-likeness (QED) is 0.883. The minimum Gasteiger partial charge on any atom is -0.364 e. The molecular weight excluding hydrogens is 243 g/mol. The van der Waals surface area contributed by atoms with Gasteiger partial charge in [0.25, 0.3) is 0 Å². The predicted octanol–water partition coefficient (Wildman–Crippen LogP) is 2.75. The molecule has 1 unspecified atom stereocenters. The maximum absolute atomic E-state index is 12.2. The van der Waals surface area contributed by atoms with Gasteiger partial charge in [0.05, 0.1) is 17.6 Å². The summed E-state index contributed by atoms with van der Waals surface area (Å²) in [5, 5.41) is 3.10. The zero-order valence-electron chi connectivity index (χ0n) is 10.8. The van der Waals surface area contributed by atoms with Gasteiger partial charge in [0.15, 0.2) is 0 Å². The van der Waals surface area contributed by atoms with Crippen LogP contribution >= 0.6 is 0 Å². The highest BCUT2D eigenvalue weighted by atomic mass is 19.4. The molecule has 0 bridgehead atoms. The van der Waals surface area contributed by atoms with E-state index < -0.39 is 12.7 Å². The van der Waals surface area contributed by atoms with E-state index in [1.807, 2.05) is 14.0 Å². The number of hydrogen-bond donors (Lipinski definition) is 1. The molecule has 0 saturated heterocycles. The summed E-state index contributed by atoms with van der Waals surface area (Å²) in [4.78, 5) is 5.34. The van der Waals surface area contributed by atoms with E-state index in [4.69, 9.17) is 0 Å². The molecule has 1 rings (SSSR count). The van der Waals surface area contributed by atoms with Gasteiger partial charge in [-0.2, -0.15) is 13.2 Å². The average Bonchev–Trinajstić information content (AvgIpc) is 2.29. The van der Waals surface area contributed by atoms with Crippen LogP contribution < -0.4 is 10.2 Å². The summed E-state index contributed by atoms with van der Waals surface area (Å²) in [5.41, 5.74) is 1.30. The van der Waals surface area contributed by atoms with Crippen molar-refractivity contribution >= 4 is 5.69 Å². The third-order valence-corrected chi connectivity index (χ3v) is 2.74. The standard InChI is InChI=1S/C12H18F3N3/c1-4-10(16-2)11-6-5-9(7-17-11)18(3)8-12(13,14)15/h5-7,10,16H,4,8H2,1-3H3. The highest BCUT2D eigenvalue weighted by Crippen LogP contribution is 2.21. The van der Waals surface area contributed by atoms with Gasteiger partial charge in [-0.3, -0.25) is 4.98 Å². The van der Waals surface area contributed by atoms with Crippen LogP contribution in [-0.4, -0.2) is 31.8 Å². The monoisotopic (exact) mass is 261 g/mol. The molecule has 1 aromatic heterocycles. The summed E-state index contributed by atoms with van der Waals surface area (Å²) in [6, 6.07) is 3.55. The van der Waals surface area contributed by atoms with E-state index in [-0.39, 0.29) is 6.04 Å². The summed E-state index contributed by atoms with van der Waals surface area (Å²) >= 11 is 0. The van der Waals surface area contributed by atoms with Crippen molar-refractivity contribution in [1.29, 1.82) is 0 Å². The van der Waals surface area contributed by atoms with Crippen LogP contribution in [-0.2, 0) is 0 Å². The summed E-state index contributed by atoms with van der Waals surface area (Å²) in [6.07, 6.45) is -1.85. The van der Waals surface area contributed by atoms with Crippen LogP contribution in [0.4, 0.5) is 18.9 Å². The number of alkyl halides is 3. The van der Waals surface area contributed by atoms with Gasteiger partial charge in [-0.15, -0.1) is 0 Å². The number of hydrogen-bond acceptors (Lipinski definition) is 3. The molecule has 0 saturated carbocycles. The molecule has 102 valence electrons. The first kappa shape index (κ1) is 14.8. The second-order valence-corrected chi connectivity index (χ2v) is 4.16. The Morgan fingerprint density at radius 2 is 2.06 bits per heavy atom. The van der Waals surface area contributed by atoms with Crippen molar-refractivity contribution in [3.63, 3.8) is 0 Å². The molecular formula is C12H18F3N3. The van der Waals surface area contributed by atoms with Gasteiger partial charge in [-0.1, -0.05) is 6.92 Å². The van der Waals surface area contributed by atoms with Crippen LogP contribution in [0, 0.1) is 0 Å². The lowest BCUT2D eigenvalue weighted by Crippen LogP contribution is -2.31. The predicted molar refractivity (Wildman–Crippen MR) is 65.7 cm³/mol. The fraction of sp³-hybridized carbons (Fsp3) is 0.583. The lowest BCUT2D eigenvalue weighted by molar-refractivity contribution is -0.119. The number of rotatable bonds is 5. The minimum absolute atomic E-state index is 0.131. The van der Waals surface area contributed by atoms with Crippen molar-refractivity contribution in [2.75, 3.05) is 25.5 Å². The van der Waals surface area contributed by atoms with Crippen LogP contribution in [0.5, 0.6) is 0 Å². The van der Waals surface area contributed by atoms with Crippen LogP contribution in [0.1, 0.15) is 25.1 Å².